The van der Waals surface area contributed by atoms with Gasteiger partial charge in [-0.2, -0.15) is 0 Å². The van der Waals surface area contributed by atoms with Gasteiger partial charge < -0.3 is 4.42 Å². The fourth-order valence-corrected chi connectivity index (χ4v) is 1.72. The first-order chi connectivity index (χ1) is 8.20. The first-order valence-corrected chi connectivity index (χ1v) is 6.23. The molecular weight excluding hydrogens is 236 g/mol. The summed E-state index contributed by atoms with van der Waals surface area (Å²) >= 11 is 5.62. The van der Waals surface area contributed by atoms with Crippen molar-refractivity contribution in [2.24, 2.45) is 0 Å². The molecule has 1 heterocycles. The van der Waals surface area contributed by atoms with Crippen LogP contribution < -0.4 is 0 Å². The Kier molecular flexibility index (Phi) is 3.79. The van der Waals surface area contributed by atoms with Gasteiger partial charge in [0.05, 0.1) is 0 Å². The van der Waals surface area contributed by atoms with E-state index in [1.807, 2.05) is 12.1 Å². The summed E-state index contributed by atoms with van der Waals surface area (Å²) in [5.41, 5.74) is 2.25. The van der Waals surface area contributed by atoms with Crippen LogP contribution in [0.2, 0.25) is 0 Å². The Bertz CT molecular complexity index is 476. The zero-order valence-electron chi connectivity index (χ0n) is 9.98. The number of aromatic nitrogens is 2. The molecule has 3 nitrogen and oxygen atoms in total. The Hall–Kier alpha value is -1.35. The zero-order chi connectivity index (χ0) is 12.3. The van der Waals surface area contributed by atoms with Gasteiger partial charge in [-0.3, -0.25) is 0 Å². The van der Waals surface area contributed by atoms with Crippen LogP contribution in [-0.4, -0.2) is 16.1 Å². The average Bonchev–Trinajstić information content (AvgIpc) is 2.78. The summed E-state index contributed by atoms with van der Waals surface area (Å²) in [5, 5.41) is 7.94. The van der Waals surface area contributed by atoms with Crippen molar-refractivity contribution in [1.82, 2.24) is 10.2 Å². The molecule has 1 aromatic carbocycles. The molecule has 0 atom stereocenters. The first-order valence-electron chi connectivity index (χ1n) is 5.69. The van der Waals surface area contributed by atoms with Crippen molar-refractivity contribution < 1.29 is 4.42 Å². The lowest BCUT2D eigenvalue weighted by Crippen LogP contribution is -1.86. The van der Waals surface area contributed by atoms with Crippen LogP contribution in [0.5, 0.6) is 0 Å². The van der Waals surface area contributed by atoms with Gasteiger partial charge in [0.2, 0.25) is 11.8 Å². The predicted molar refractivity (Wildman–Crippen MR) is 68.2 cm³/mol. The standard InChI is InChI=1S/C13H15ClN2O/c1-9(2)10-3-5-11(6-4-10)13-16-15-12(17-13)7-8-14/h3-6,9H,7-8H2,1-2H3. The molecule has 17 heavy (non-hydrogen) atoms. The highest BCUT2D eigenvalue weighted by Crippen LogP contribution is 2.21. The number of hydrogen-bond acceptors (Lipinski definition) is 3. The Morgan fingerprint density at radius 3 is 2.47 bits per heavy atom. The Balaban J connectivity index is 2.21. The van der Waals surface area contributed by atoms with Gasteiger partial charge in [-0.05, 0) is 23.6 Å². The van der Waals surface area contributed by atoms with Crippen LogP contribution in [-0.2, 0) is 6.42 Å². The van der Waals surface area contributed by atoms with Gasteiger partial charge in [0.25, 0.3) is 0 Å². The number of aryl methyl sites for hydroxylation is 1. The Morgan fingerprint density at radius 1 is 1.18 bits per heavy atom. The maximum absolute atomic E-state index is 5.62. The van der Waals surface area contributed by atoms with Crippen LogP contribution >= 0.6 is 11.6 Å². The van der Waals surface area contributed by atoms with Gasteiger partial charge in [-0.25, -0.2) is 0 Å². The van der Waals surface area contributed by atoms with E-state index in [0.29, 0.717) is 30.0 Å². The fourth-order valence-electron chi connectivity index (χ4n) is 1.56. The van der Waals surface area contributed by atoms with Crippen LogP contribution in [0.4, 0.5) is 0 Å². The molecule has 0 aliphatic carbocycles. The SMILES string of the molecule is CC(C)c1ccc(-c2nnc(CCCl)o2)cc1. The minimum Gasteiger partial charge on any atom is -0.421 e. The highest BCUT2D eigenvalue weighted by Gasteiger charge is 2.08. The summed E-state index contributed by atoms with van der Waals surface area (Å²) in [7, 11) is 0. The first kappa shape index (κ1) is 12.1. The molecule has 2 rings (SSSR count). The average molecular weight is 251 g/mol. The molecular formula is C13H15ClN2O. The van der Waals surface area contributed by atoms with Crippen molar-refractivity contribution in [2.45, 2.75) is 26.2 Å². The Labute approximate surface area is 106 Å². The highest BCUT2D eigenvalue weighted by molar-refractivity contribution is 6.17. The molecule has 0 saturated heterocycles. The monoisotopic (exact) mass is 250 g/mol. The largest absolute Gasteiger partial charge is 0.421 e. The molecule has 0 saturated carbocycles. The number of hydrogen-bond donors (Lipinski definition) is 0. The summed E-state index contributed by atoms with van der Waals surface area (Å²) in [4.78, 5) is 0. The number of halogens is 1. The van der Waals surface area contributed by atoms with E-state index < -0.39 is 0 Å². The van der Waals surface area contributed by atoms with E-state index in [4.69, 9.17) is 16.0 Å². The van der Waals surface area contributed by atoms with Crippen LogP contribution in [0, 0.1) is 0 Å². The number of rotatable bonds is 4. The molecule has 0 unspecified atom stereocenters. The maximum Gasteiger partial charge on any atom is 0.247 e. The van der Waals surface area contributed by atoms with Crippen molar-refractivity contribution in [2.75, 3.05) is 5.88 Å². The molecule has 0 radical (unpaired) electrons. The molecule has 0 bridgehead atoms. The molecule has 4 heteroatoms. The van der Waals surface area contributed by atoms with Crippen molar-refractivity contribution in [3.63, 3.8) is 0 Å². The molecule has 1 aromatic heterocycles. The lowest BCUT2D eigenvalue weighted by Gasteiger charge is -2.04. The summed E-state index contributed by atoms with van der Waals surface area (Å²) in [6.07, 6.45) is 0.610. The third-order valence-corrected chi connectivity index (χ3v) is 2.79. The summed E-state index contributed by atoms with van der Waals surface area (Å²) in [6, 6.07) is 8.19. The third kappa shape index (κ3) is 2.86. The predicted octanol–water partition coefficient (Wildman–Crippen LogP) is 3.64. The molecule has 0 aliphatic rings. The normalized spacial score (nSPS) is 11.1. The minimum absolute atomic E-state index is 0.494. The molecule has 90 valence electrons. The molecule has 0 aliphatic heterocycles. The van der Waals surface area contributed by atoms with E-state index >= 15 is 0 Å². The second kappa shape index (κ2) is 5.32. The second-order valence-corrected chi connectivity index (χ2v) is 4.59. The van der Waals surface area contributed by atoms with Crippen molar-refractivity contribution in [3.05, 3.63) is 35.7 Å². The number of nitrogens with zero attached hydrogens (tertiary/aromatic N) is 2. The third-order valence-electron chi connectivity index (χ3n) is 2.60. The second-order valence-electron chi connectivity index (χ2n) is 4.22. The lowest BCUT2D eigenvalue weighted by molar-refractivity contribution is 0.513. The van der Waals surface area contributed by atoms with Gasteiger partial charge in [-0.15, -0.1) is 21.8 Å². The molecule has 0 fully saturated rings. The molecule has 0 amide bonds. The van der Waals surface area contributed by atoms with E-state index in [-0.39, 0.29) is 0 Å². The van der Waals surface area contributed by atoms with E-state index in [1.165, 1.54) is 5.56 Å². The van der Waals surface area contributed by atoms with E-state index in [2.05, 4.69) is 36.2 Å². The maximum atomic E-state index is 5.62. The van der Waals surface area contributed by atoms with Gasteiger partial charge in [0.15, 0.2) is 0 Å². The summed E-state index contributed by atoms with van der Waals surface area (Å²) in [5.74, 6) is 2.16. The quantitative estimate of drug-likeness (QED) is 0.778. The van der Waals surface area contributed by atoms with Crippen LogP contribution in [0.25, 0.3) is 11.5 Å². The van der Waals surface area contributed by atoms with Gasteiger partial charge in [-0.1, -0.05) is 26.0 Å². The molecule has 0 spiro atoms. The van der Waals surface area contributed by atoms with Gasteiger partial charge >= 0.3 is 0 Å². The summed E-state index contributed by atoms with van der Waals surface area (Å²) in [6.45, 7) is 4.33. The van der Waals surface area contributed by atoms with E-state index in [9.17, 15) is 0 Å². The van der Waals surface area contributed by atoms with Crippen LogP contribution in [0.3, 0.4) is 0 Å². The van der Waals surface area contributed by atoms with Crippen molar-refractivity contribution in [1.29, 1.82) is 0 Å². The van der Waals surface area contributed by atoms with E-state index in [0.717, 1.165) is 5.56 Å². The number of benzene rings is 1. The van der Waals surface area contributed by atoms with E-state index in [1.54, 1.807) is 0 Å². The smallest absolute Gasteiger partial charge is 0.247 e. The molecule has 0 N–H and O–H groups in total. The zero-order valence-corrected chi connectivity index (χ0v) is 10.7. The minimum atomic E-state index is 0.494. The van der Waals surface area contributed by atoms with Crippen LogP contribution in [0.1, 0.15) is 31.2 Å². The Morgan fingerprint density at radius 2 is 1.88 bits per heavy atom. The topological polar surface area (TPSA) is 38.9 Å². The summed E-state index contributed by atoms with van der Waals surface area (Å²) < 4.78 is 5.50. The highest BCUT2D eigenvalue weighted by atomic mass is 35.5. The van der Waals surface area contributed by atoms with Crippen LogP contribution in [0.15, 0.2) is 28.7 Å². The molecule has 2 aromatic rings. The van der Waals surface area contributed by atoms with Gasteiger partial charge in [0, 0.05) is 17.9 Å². The van der Waals surface area contributed by atoms with Crippen molar-refractivity contribution >= 4 is 11.6 Å². The van der Waals surface area contributed by atoms with Crippen molar-refractivity contribution in [3.8, 4) is 11.5 Å². The lowest BCUT2D eigenvalue weighted by atomic mass is 10.0. The fraction of sp³-hybridized carbons (Fsp3) is 0.385. The van der Waals surface area contributed by atoms with Gasteiger partial charge in [0.1, 0.15) is 0 Å². The number of alkyl halides is 1.